The highest BCUT2D eigenvalue weighted by Gasteiger charge is 2.12. The van der Waals surface area contributed by atoms with E-state index in [0.717, 1.165) is 11.1 Å². The minimum absolute atomic E-state index is 0.153. The Morgan fingerprint density at radius 2 is 2.10 bits per heavy atom. The highest BCUT2D eigenvalue weighted by atomic mass is 16.5. The van der Waals surface area contributed by atoms with Gasteiger partial charge in [0, 0.05) is 12.4 Å². The summed E-state index contributed by atoms with van der Waals surface area (Å²) in [6.07, 6.45) is 4.71. The molecule has 0 spiro atoms. The van der Waals surface area contributed by atoms with Crippen LogP contribution in [0.5, 0.6) is 0 Å². The Labute approximate surface area is 123 Å². The highest BCUT2D eigenvalue weighted by Crippen LogP contribution is 2.17. The lowest BCUT2D eigenvalue weighted by Crippen LogP contribution is -2.21. The van der Waals surface area contributed by atoms with Gasteiger partial charge in [-0.2, -0.15) is 0 Å². The van der Waals surface area contributed by atoms with Crippen molar-refractivity contribution in [3.8, 4) is 0 Å². The summed E-state index contributed by atoms with van der Waals surface area (Å²) in [4.78, 5) is 26.2. The maximum atomic E-state index is 11.4. The van der Waals surface area contributed by atoms with Gasteiger partial charge in [-0.1, -0.05) is 18.2 Å². The molecule has 5 heteroatoms. The minimum Gasteiger partial charge on any atom is -0.465 e. The van der Waals surface area contributed by atoms with Gasteiger partial charge in [-0.25, -0.2) is 4.79 Å². The number of carbonyl (C=O) groups is 2. The monoisotopic (exact) mass is 284 g/mol. The normalized spacial score (nSPS) is 11.5. The van der Waals surface area contributed by atoms with Crippen LogP contribution < -0.4 is 5.32 Å². The lowest BCUT2D eigenvalue weighted by molar-refractivity contribution is -0.110. The first-order valence-corrected chi connectivity index (χ1v) is 6.51. The van der Waals surface area contributed by atoms with Crippen LogP contribution >= 0.6 is 0 Å². The minimum atomic E-state index is -0.364. The molecule has 0 aliphatic rings. The van der Waals surface area contributed by atoms with E-state index < -0.39 is 0 Å². The van der Waals surface area contributed by atoms with Gasteiger partial charge in [0.2, 0.25) is 6.41 Å². The van der Waals surface area contributed by atoms with Gasteiger partial charge in [0.1, 0.15) is 0 Å². The molecule has 1 amide bonds. The van der Waals surface area contributed by atoms with Crippen LogP contribution in [0.1, 0.15) is 27.5 Å². The average Bonchev–Trinajstić information content (AvgIpc) is 2.55. The summed E-state index contributed by atoms with van der Waals surface area (Å²) in [7, 11) is 1.35. The van der Waals surface area contributed by atoms with Gasteiger partial charge in [0.15, 0.2) is 0 Å². The molecule has 0 saturated heterocycles. The van der Waals surface area contributed by atoms with Crippen molar-refractivity contribution in [2.75, 3.05) is 7.11 Å². The number of carbonyl (C=O) groups excluding carboxylic acids is 2. The molecule has 1 unspecified atom stereocenters. The zero-order valence-corrected chi connectivity index (χ0v) is 11.7. The molecule has 2 rings (SSSR count). The van der Waals surface area contributed by atoms with Crippen LogP contribution in [0.3, 0.4) is 0 Å². The average molecular weight is 284 g/mol. The second-order valence-electron chi connectivity index (χ2n) is 4.52. The Morgan fingerprint density at radius 1 is 1.33 bits per heavy atom. The summed E-state index contributed by atoms with van der Waals surface area (Å²) < 4.78 is 4.66. The first kappa shape index (κ1) is 14.7. The number of pyridine rings is 1. The van der Waals surface area contributed by atoms with Crippen LogP contribution in [0.2, 0.25) is 0 Å². The molecule has 1 N–H and O–H groups in total. The molecular weight excluding hydrogens is 268 g/mol. The Bertz CT molecular complexity index is 597. The van der Waals surface area contributed by atoms with E-state index >= 15 is 0 Å². The van der Waals surface area contributed by atoms with Gasteiger partial charge in [0.05, 0.1) is 18.7 Å². The van der Waals surface area contributed by atoms with Gasteiger partial charge in [-0.15, -0.1) is 0 Å². The van der Waals surface area contributed by atoms with Crippen molar-refractivity contribution in [3.05, 3.63) is 65.5 Å². The first-order chi connectivity index (χ1) is 10.2. The van der Waals surface area contributed by atoms with Crippen molar-refractivity contribution >= 4 is 12.4 Å². The van der Waals surface area contributed by atoms with Gasteiger partial charge in [0.25, 0.3) is 0 Å². The second-order valence-corrected chi connectivity index (χ2v) is 4.52. The van der Waals surface area contributed by atoms with E-state index in [0.29, 0.717) is 18.4 Å². The van der Waals surface area contributed by atoms with Crippen molar-refractivity contribution in [1.82, 2.24) is 10.3 Å². The molecule has 0 bridgehead atoms. The largest absolute Gasteiger partial charge is 0.465 e. The van der Waals surface area contributed by atoms with Gasteiger partial charge < -0.3 is 10.1 Å². The van der Waals surface area contributed by atoms with Crippen LogP contribution in [0.25, 0.3) is 0 Å². The number of benzene rings is 1. The van der Waals surface area contributed by atoms with E-state index in [-0.39, 0.29) is 12.0 Å². The molecule has 1 atom stereocenters. The van der Waals surface area contributed by atoms with Crippen molar-refractivity contribution in [2.45, 2.75) is 12.5 Å². The molecule has 1 aromatic carbocycles. The lowest BCUT2D eigenvalue weighted by Gasteiger charge is -2.16. The van der Waals surface area contributed by atoms with Crippen molar-refractivity contribution in [2.24, 2.45) is 0 Å². The zero-order valence-electron chi connectivity index (χ0n) is 11.7. The number of methoxy groups -OCH3 is 1. The molecule has 1 heterocycles. The quantitative estimate of drug-likeness (QED) is 0.650. The molecule has 0 aliphatic heterocycles. The molecule has 5 nitrogen and oxygen atoms in total. The molecule has 0 radical (unpaired) electrons. The van der Waals surface area contributed by atoms with Gasteiger partial charge in [-0.3, -0.25) is 9.78 Å². The Morgan fingerprint density at radius 3 is 2.67 bits per heavy atom. The molecule has 0 saturated carbocycles. The van der Waals surface area contributed by atoms with E-state index in [4.69, 9.17) is 0 Å². The predicted octanol–water partition coefficient (Wildman–Crippen LogP) is 1.90. The molecule has 0 fully saturated rings. The number of rotatable bonds is 6. The number of hydrogen-bond acceptors (Lipinski definition) is 4. The number of nitrogens with one attached hydrogen (secondary N) is 1. The van der Waals surface area contributed by atoms with Crippen molar-refractivity contribution in [3.63, 3.8) is 0 Å². The standard InChI is InChI=1S/C16H16N2O3/c1-21-16(20)13-6-4-12(5-7-13)9-15(18-11-19)14-3-2-8-17-10-14/h2-8,10-11,15H,9H2,1H3,(H,18,19). The fourth-order valence-electron chi connectivity index (χ4n) is 2.07. The number of esters is 1. The van der Waals surface area contributed by atoms with Crippen LogP contribution in [0, 0.1) is 0 Å². The van der Waals surface area contributed by atoms with Crippen molar-refractivity contribution in [1.29, 1.82) is 0 Å². The zero-order chi connectivity index (χ0) is 15.1. The van der Waals surface area contributed by atoms with E-state index in [1.54, 1.807) is 24.5 Å². The van der Waals surface area contributed by atoms with Crippen LogP contribution in [-0.2, 0) is 16.0 Å². The summed E-state index contributed by atoms with van der Waals surface area (Å²) in [6, 6.07) is 10.7. The highest BCUT2D eigenvalue weighted by molar-refractivity contribution is 5.89. The summed E-state index contributed by atoms with van der Waals surface area (Å²) >= 11 is 0. The fourth-order valence-corrected chi connectivity index (χ4v) is 2.07. The fraction of sp³-hybridized carbons (Fsp3) is 0.188. The maximum absolute atomic E-state index is 11.4. The van der Waals surface area contributed by atoms with E-state index in [1.807, 2.05) is 24.3 Å². The summed E-state index contributed by atoms with van der Waals surface area (Å²) in [5.74, 6) is -0.364. The summed E-state index contributed by atoms with van der Waals surface area (Å²) in [5, 5.41) is 2.78. The van der Waals surface area contributed by atoms with Crippen LogP contribution in [0.4, 0.5) is 0 Å². The number of aromatic nitrogens is 1. The predicted molar refractivity (Wildman–Crippen MR) is 77.7 cm³/mol. The van der Waals surface area contributed by atoms with Crippen LogP contribution in [0.15, 0.2) is 48.8 Å². The van der Waals surface area contributed by atoms with Gasteiger partial charge >= 0.3 is 5.97 Å². The Hall–Kier alpha value is -2.69. The summed E-state index contributed by atoms with van der Waals surface area (Å²) in [6.45, 7) is 0. The maximum Gasteiger partial charge on any atom is 0.337 e. The summed E-state index contributed by atoms with van der Waals surface area (Å²) in [5.41, 5.74) is 2.44. The molecule has 2 aromatic rings. The molecule has 1 aromatic heterocycles. The van der Waals surface area contributed by atoms with E-state index in [9.17, 15) is 9.59 Å². The third kappa shape index (κ3) is 3.89. The molecule has 0 aliphatic carbocycles. The molecule has 108 valence electrons. The first-order valence-electron chi connectivity index (χ1n) is 6.51. The Kier molecular flexibility index (Phi) is 5.04. The Balaban J connectivity index is 2.14. The molecular formula is C16H16N2O3. The smallest absolute Gasteiger partial charge is 0.337 e. The lowest BCUT2D eigenvalue weighted by atomic mass is 9.99. The molecule has 21 heavy (non-hydrogen) atoms. The third-order valence-corrected chi connectivity index (χ3v) is 3.17. The second kappa shape index (κ2) is 7.19. The number of amides is 1. The van der Waals surface area contributed by atoms with Crippen molar-refractivity contribution < 1.29 is 14.3 Å². The number of ether oxygens (including phenoxy) is 1. The van der Waals surface area contributed by atoms with Crippen LogP contribution in [-0.4, -0.2) is 24.5 Å². The number of nitrogens with zero attached hydrogens (tertiary/aromatic N) is 1. The SMILES string of the molecule is COC(=O)c1ccc(CC(NC=O)c2cccnc2)cc1. The number of hydrogen-bond donors (Lipinski definition) is 1. The van der Waals surface area contributed by atoms with E-state index in [1.165, 1.54) is 7.11 Å². The van der Waals surface area contributed by atoms with E-state index in [2.05, 4.69) is 15.0 Å². The third-order valence-electron chi connectivity index (χ3n) is 3.17. The topological polar surface area (TPSA) is 68.3 Å². The van der Waals surface area contributed by atoms with Gasteiger partial charge in [-0.05, 0) is 35.7 Å².